The van der Waals surface area contributed by atoms with Crippen molar-refractivity contribution in [2.75, 3.05) is 0 Å². The Morgan fingerprint density at radius 1 is 0.338 bits per heavy atom. The quantitative estimate of drug-likeness (QED) is 0.107. The molecule has 346 valence electrons. The van der Waals surface area contributed by atoms with Crippen LogP contribution in [0.2, 0.25) is 0 Å². The van der Waals surface area contributed by atoms with Gasteiger partial charge < -0.3 is 4.98 Å². The maximum Gasteiger partial charge on any atom is 0.126 e. The molecule has 11 aromatic carbocycles. The number of benzene rings is 11. The van der Waals surface area contributed by atoms with Gasteiger partial charge in [0.1, 0.15) is 12.4 Å². The number of para-hydroxylation sites is 1. The van der Waals surface area contributed by atoms with E-state index in [0.717, 1.165) is 88.5 Å². The van der Waals surface area contributed by atoms with E-state index >= 15 is 0 Å². The van der Waals surface area contributed by atoms with Crippen LogP contribution in [0.4, 0.5) is 0 Å². The summed E-state index contributed by atoms with van der Waals surface area (Å²) in [5.74, 6) is 1.55. The molecule has 0 N–H and O–H groups in total. The molecule has 0 unspecified atom stereocenters. The van der Waals surface area contributed by atoms with Crippen molar-refractivity contribution in [1.29, 1.82) is 0 Å². The number of rotatable bonds is 9. The third-order valence-electron chi connectivity index (χ3n) is 14.6. The maximum absolute atomic E-state index is 5.19. The Balaban J connectivity index is 0.879. The van der Waals surface area contributed by atoms with E-state index in [4.69, 9.17) is 15.1 Å². The molecule has 0 bridgehead atoms. The van der Waals surface area contributed by atoms with Gasteiger partial charge in [-0.15, -0.1) is 0 Å². The van der Waals surface area contributed by atoms with Crippen LogP contribution in [0.5, 0.6) is 0 Å². The van der Waals surface area contributed by atoms with Crippen LogP contribution in [0.1, 0.15) is 5.56 Å². The Bertz CT molecular complexity index is 4450. The van der Waals surface area contributed by atoms with Crippen LogP contribution < -0.4 is 9.78 Å². The maximum atomic E-state index is 5.19. The monoisotopic (exact) mass is 943 g/mol. The average molecular weight is 944 g/mol. The Hall–Kier alpha value is -9.84. The summed E-state index contributed by atoms with van der Waals surface area (Å²) in [6.45, 7) is 0.558. The number of hydrogen-bond donors (Lipinski definition) is 0. The van der Waals surface area contributed by atoms with Crippen molar-refractivity contribution >= 4 is 54.0 Å². The first kappa shape index (κ1) is 43.0. The van der Waals surface area contributed by atoms with Gasteiger partial charge in [0.2, 0.25) is 0 Å². The minimum Gasteiger partial charge on any atom is -0.397 e. The average Bonchev–Trinajstić information content (AvgIpc) is 3.91. The molecule has 14 aromatic rings. The highest BCUT2D eigenvalue weighted by molar-refractivity contribution is 6.11. The Labute approximate surface area is 428 Å². The zero-order chi connectivity index (χ0) is 49.0. The lowest BCUT2D eigenvalue weighted by Gasteiger charge is -2.16. The summed E-state index contributed by atoms with van der Waals surface area (Å²) in [6, 6.07) is 89.3. The van der Waals surface area contributed by atoms with Crippen molar-refractivity contribution < 1.29 is 4.68 Å². The SMILES string of the molecule is c1ccc(-c2nc(-c3ccccc3)[n+](Cc3cccc4c(-c5cc(-c6ccc(-c7ccc8ccccc8c7)cc6)cc(-c6ccc7cc(-c8nc9ccccc9c9ccncc89)ccc7c6)c5)cccc34)[n-]2)cc1. The second-order valence-corrected chi connectivity index (χ2v) is 19.1. The highest BCUT2D eigenvalue weighted by Gasteiger charge is 2.17. The Kier molecular flexibility index (Phi) is 10.5. The van der Waals surface area contributed by atoms with Gasteiger partial charge in [-0.25, -0.2) is 4.98 Å². The van der Waals surface area contributed by atoms with Gasteiger partial charge in [-0.3, -0.25) is 14.8 Å². The van der Waals surface area contributed by atoms with Gasteiger partial charge in [-0.2, -0.15) is 0 Å². The van der Waals surface area contributed by atoms with Crippen LogP contribution in [0.3, 0.4) is 0 Å². The van der Waals surface area contributed by atoms with Gasteiger partial charge in [0.25, 0.3) is 0 Å². The first-order chi connectivity index (χ1) is 36.6. The van der Waals surface area contributed by atoms with E-state index in [9.17, 15) is 0 Å². The first-order valence-electron chi connectivity index (χ1n) is 25.1. The highest BCUT2D eigenvalue weighted by atomic mass is 15.3. The Morgan fingerprint density at radius 2 is 0.905 bits per heavy atom. The zero-order valence-electron chi connectivity index (χ0n) is 40.3. The fourth-order valence-corrected chi connectivity index (χ4v) is 10.8. The number of hydrogen-bond acceptors (Lipinski definition) is 3. The molecule has 5 heteroatoms. The highest BCUT2D eigenvalue weighted by Crippen LogP contribution is 2.40. The number of aromatic nitrogens is 5. The van der Waals surface area contributed by atoms with E-state index in [1.807, 2.05) is 36.7 Å². The third-order valence-corrected chi connectivity index (χ3v) is 14.6. The minimum absolute atomic E-state index is 0.558. The topological polar surface area (TPSA) is 56.6 Å². The molecule has 3 aromatic heterocycles. The molecule has 0 spiro atoms. The number of nitrogens with zero attached hydrogens (tertiary/aromatic N) is 5. The van der Waals surface area contributed by atoms with Crippen LogP contribution in [0.15, 0.2) is 261 Å². The van der Waals surface area contributed by atoms with Crippen molar-refractivity contribution in [3.05, 3.63) is 267 Å². The molecule has 0 aliphatic heterocycles. The molecular formula is C69H45N5. The summed E-state index contributed by atoms with van der Waals surface area (Å²) in [6.07, 6.45) is 3.80. The summed E-state index contributed by atoms with van der Waals surface area (Å²) < 4.78 is 2.06. The zero-order valence-corrected chi connectivity index (χ0v) is 40.3. The van der Waals surface area contributed by atoms with Crippen LogP contribution in [0.25, 0.3) is 133 Å². The summed E-state index contributed by atoms with van der Waals surface area (Å²) in [7, 11) is 0. The predicted molar refractivity (Wildman–Crippen MR) is 304 cm³/mol. The molecule has 5 nitrogen and oxygen atoms in total. The molecule has 0 radical (unpaired) electrons. The van der Waals surface area contributed by atoms with Crippen molar-refractivity contribution in [3.8, 4) is 78.5 Å². The largest absolute Gasteiger partial charge is 0.397 e. The van der Waals surface area contributed by atoms with E-state index in [1.54, 1.807) is 0 Å². The van der Waals surface area contributed by atoms with Gasteiger partial charge in [0.15, 0.2) is 0 Å². The van der Waals surface area contributed by atoms with Crippen LogP contribution in [-0.2, 0) is 6.54 Å². The van der Waals surface area contributed by atoms with E-state index in [1.165, 1.54) is 43.8 Å². The van der Waals surface area contributed by atoms with Crippen molar-refractivity contribution in [2.45, 2.75) is 6.54 Å². The molecule has 0 saturated heterocycles. The molecule has 0 aliphatic rings. The molecule has 0 fully saturated rings. The molecule has 74 heavy (non-hydrogen) atoms. The van der Waals surface area contributed by atoms with Gasteiger partial charge in [-0.05, 0) is 142 Å². The summed E-state index contributed by atoms with van der Waals surface area (Å²) in [4.78, 5) is 14.8. The second-order valence-electron chi connectivity index (χ2n) is 19.1. The molecule has 0 atom stereocenters. The number of fused-ring (bicyclic) bond motifs is 6. The van der Waals surface area contributed by atoms with Gasteiger partial charge >= 0.3 is 0 Å². The predicted octanol–water partition coefficient (Wildman–Crippen LogP) is 16.6. The normalized spacial score (nSPS) is 11.6. The lowest BCUT2D eigenvalue weighted by atomic mass is 9.89. The fourth-order valence-electron chi connectivity index (χ4n) is 10.8. The first-order valence-corrected chi connectivity index (χ1v) is 25.1. The number of pyridine rings is 2. The molecular weight excluding hydrogens is 899 g/mol. The summed E-state index contributed by atoms with van der Waals surface area (Å²) >= 11 is 0. The molecule has 14 rings (SSSR count). The summed E-state index contributed by atoms with van der Waals surface area (Å²) in [5.41, 5.74) is 15.5. The second kappa shape index (κ2) is 18.1. The van der Waals surface area contributed by atoms with Crippen LogP contribution >= 0.6 is 0 Å². The lowest BCUT2D eigenvalue weighted by molar-refractivity contribution is -0.737. The molecule has 0 amide bonds. The van der Waals surface area contributed by atoms with E-state index < -0.39 is 0 Å². The van der Waals surface area contributed by atoms with Gasteiger partial charge in [0.05, 0.1) is 11.2 Å². The fraction of sp³-hybridized carbons (Fsp3) is 0.0145. The molecule has 0 saturated carbocycles. The van der Waals surface area contributed by atoms with Crippen molar-refractivity contribution in [1.82, 2.24) is 20.1 Å². The van der Waals surface area contributed by atoms with Crippen molar-refractivity contribution in [3.63, 3.8) is 0 Å². The molecule has 0 aliphatic carbocycles. The van der Waals surface area contributed by atoms with Gasteiger partial charge in [-0.1, -0.05) is 200 Å². The van der Waals surface area contributed by atoms with Crippen LogP contribution in [-0.4, -0.2) is 15.0 Å². The molecule has 3 heterocycles. The summed E-state index contributed by atoms with van der Waals surface area (Å²) in [5, 5.41) is 15.6. The van der Waals surface area contributed by atoms with Crippen molar-refractivity contribution in [2.24, 2.45) is 0 Å². The van der Waals surface area contributed by atoms with E-state index in [-0.39, 0.29) is 0 Å². The minimum atomic E-state index is 0.558. The lowest BCUT2D eigenvalue weighted by Crippen LogP contribution is -2.40. The Morgan fingerprint density at radius 3 is 1.70 bits per heavy atom. The van der Waals surface area contributed by atoms with E-state index in [0.29, 0.717) is 12.4 Å². The van der Waals surface area contributed by atoms with E-state index in [2.05, 4.69) is 234 Å². The van der Waals surface area contributed by atoms with Gasteiger partial charge in [0, 0.05) is 39.9 Å². The smallest absolute Gasteiger partial charge is 0.126 e. The third kappa shape index (κ3) is 7.84. The van der Waals surface area contributed by atoms with Crippen LogP contribution in [0, 0.1) is 0 Å². The standard InChI is InChI=1S/C69H45N5/c1-3-14-48(15-4-1)68-72-69(49-16-5-2-6-17-49)74(73-68)44-56-19-11-23-62-60(56)21-12-22-61(62)59-41-57(47-27-25-46(26-28-47)51-30-29-45-13-7-8-18-50(45)37-51)40-58(42-59)54-32-31-53-39-55(34-33-52(53)38-54)67-65-43-70-36-35-63(65)64-20-9-10-24-66(64)71-67/h1-43H,44H2.